The first-order valence-corrected chi connectivity index (χ1v) is 8.72. The molecule has 0 saturated carbocycles. The maximum atomic E-state index is 12.6. The lowest BCUT2D eigenvalue weighted by molar-refractivity contribution is -0.140. The second kappa shape index (κ2) is 6.96. The van der Waals surface area contributed by atoms with Crippen LogP contribution >= 0.6 is 11.3 Å². The van der Waals surface area contributed by atoms with E-state index in [1.807, 2.05) is 59.7 Å². The van der Waals surface area contributed by atoms with Gasteiger partial charge in [-0.15, -0.1) is 11.3 Å². The molecular weight excluding hydrogens is 308 g/mol. The lowest BCUT2D eigenvalue weighted by atomic mass is 9.97. The largest absolute Gasteiger partial charge is 0.338 e. The zero-order chi connectivity index (χ0) is 16.2. The summed E-state index contributed by atoms with van der Waals surface area (Å²) in [7, 11) is 0. The lowest BCUT2D eigenvalue weighted by Crippen LogP contribution is -2.56. The molecule has 0 aliphatic carbocycles. The molecule has 0 atom stereocenters. The van der Waals surface area contributed by atoms with E-state index in [1.54, 1.807) is 4.90 Å². The van der Waals surface area contributed by atoms with Gasteiger partial charge in [-0.25, -0.2) is 0 Å². The van der Waals surface area contributed by atoms with E-state index in [1.165, 1.54) is 11.3 Å². The lowest BCUT2D eigenvalue weighted by Gasteiger charge is -2.40. The van der Waals surface area contributed by atoms with Gasteiger partial charge in [0.1, 0.15) is 0 Å². The molecule has 2 heterocycles. The molecule has 4 nitrogen and oxygen atoms in total. The average molecular weight is 328 g/mol. The van der Waals surface area contributed by atoms with Crippen LogP contribution in [0.5, 0.6) is 0 Å². The molecule has 0 N–H and O–H groups in total. The zero-order valence-corrected chi connectivity index (χ0v) is 14.0. The van der Waals surface area contributed by atoms with Crippen molar-refractivity contribution in [2.75, 3.05) is 19.6 Å². The SMILES string of the molecule is CCN(Cc1ccccc1)C(=O)C1CN(C(=O)c2cccs2)C1. The van der Waals surface area contributed by atoms with Crippen LogP contribution in [0.2, 0.25) is 0 Å². The van der Waals surface area contributed by atoms with Gasteiger partial charge in [0.2, 0.25) is 5.91 Å². The molecule has 0 radical (unpaired) electrons. The van der Waals surface area contributed by atoms with E-state index in [2.05, 4.69) is 0 Å². The van der Waals surface area contributed by atoms with Crippen molar-refractivity contribution < 1.29 is 9.59 Å². The summed E-state index contributed by atoms with van der Waals surface area (Å²) in [6.45, 7) is 4.37. The summed E-state index contributed by atoms with van der Waals surface area (Å²) >= 11 is 1.44. The van der Waals surface area contributed by atoms with Crippen LogP contribution in [0.1, 0.15) is 22.2 Å². The highest BCUT2D eigenvalue weighted by atomic mass is 32.1. The molecule has 1 aromatic carbocycles. The van der Waals surface area contributed by atoms with Crippen molar-refractivity contribution in [2.45, 2.75) is 13.5 Å². The summed E-state index contributed by atoms with van der Waals surface area (Å²) in [5.41, 5.74) is 1.13. The first-order valence-electron chi connectivity index (χ1n) is 7.84. The Hall–Kier alpha value is -2.14. The molecular formula is C18H20N2O2S. The minimum Gasteiger partial charge on any atom is -0.338 e. The smallest absolute Gasteiger partial charge is 0.263 e. The monoisotopic (exact) mass is 328 g/mol. The summed E-state index contributed by atoms with van der Waals surface area (Å²) in [6, 6.07) is 13.7. The fourth-order valence-electron chi connectivity index (χ4n) is 2.76. The summed E-state index contributed by atoms with van der Waals surface area (Å²) in [6.07, 6.45) is 0. The van der Waals surface area contributed by atoms with Gasteiger partial charge >= 0.3 is 0 Å². The van der Waals surface area contributed by atoms with E-state index in [9.17, 15) is 9.59 Å². The minimum absolute atomic E-state index is 0.0372. The molecule has 5 heteroatoms. The number of thiophene rings is 1. The standard InChI is InChI=1S/C18H20N2O2S/c1-2-19(11-14-7-4-3-5-8-14)17(21)15-12-20(13-15)18(22)16-9-6-10-23-16/h3-10,15H,2,11-13H2,1H3. The Morgan fingerprint density at radius 3 is 2.52 bits per heavy atom. The van der Waals surface area contributed by atoms with Crippen molar-refractivity contribution in [3.05, 3.63) is 58.3 Å². The van der Waals surface area contributed by atoms with Gasteiger partial charge in [-0.2, -0.15) is 0 Å². The van der Waals surface area contributed by atoms with Crippen molar-refractivity contribution in [3.8, 4) is 0 Å². The van der Waals surface area contributed by atoms with Gasteiger partial charge in [-0.1, -0.05) is 36.4 Å². The number of carbonyl (C=O) groups excluding carboxylic acids is 2. The maximum absolute atomic E-state index is 12.6. The molecule has 23 heavy (non-hydrogen) atoms. The summed E-state index contributed by atoms with van der Waals surface area (Å²) in [5, 5.41) is 1.90. The predicted molar refractivity (Wildman–Crippen MR) is 91.2 cm³/mol. The topological polar surface area (TPSA) is 40.6 Å². The molecule has 120 valence electrons. The number of hydrogen-bond donors (Lipinski definition) is 0. The number of amides is 2. The van der Waals surface area contributed by atoms with E-state index < -0.39 is 0 Å². The molecule has 2 amide bonds. The van der Waals surface area contributed by atoms with Crippen LogP contribution in [0.3, 0.4) is 0 Å². The van der Waals surface area contributed by atoms with Gasteiger partial charge in [-0.05, 0) is 23.9 Å². The second-order valence-corrected chi connectivity index (χ2v) is 6.67. The number of likely N-dealkylation sites (tertiary alicyclic amines) is 1. The highest BCUT2D eigenvalue weighted by Crippen LogP contribution is 2.23. The van der Waals surface area contributed by atoms with Gasteiger partial charge in [0.05, 0.1) is 10.8 Å². The third-order valence-corrected chi connectivity index (χ3v) is 5.02. The highest BCUT2D eigenvalue weighted by Gasteiger charge is 2.38. The van der Waals surface area contributed by atoms with Crippen LogP contribution in [0, 0.1) is 5.92 Å². The van der Waals surface area contributed by atoms with E-state index >= 15 is 0 Å². The molecule has 0 spiro atoms. The number of nitrogens with zero attached hydrogens (tertiary/aromatic N) is 2. The average Bonchev–Trinajstić information content (AvgIpc) is 3.06. The van der Waals surface area contributed by atoms with Crippen LogP contribution in [-0.4, -0.2) is 41.2 Å². The number of hydrogen-bond acceptors (Lipinski definition) is 3. The molecule has 1 fully saturated rings. The Kier molecular flexibility index (Phi) is 4.76. The van der Waals surface area contributed by atoms with Gasteiger partial charge in [-0.3, -0.25) is 9.59 Å². The van der Waals surface area contributed by atoms with Gasteiger partial charge in [0.15, 0.2) is 0 Å². The number of carbonyl (C=O) groups is 2. The van der Waals surface area contributed by atoms with Crippen molar-refractivity contribution in [2.24, 2.45) is 5.92 Å². The molecule has 0 unspecified atom stereocenters. The third-order valence-electron chi connectivity index (χ3n) is 4.16. The molecule has 0 bridgehead atoms. The van der Waals surface area contributed by atoms with Crippen LogP contribution < -0.4 is 0 Å². The van der Waals surface area contributed by atoms with Gasteiger partial charge < -0.3 is 9.80 Å². The summed E-state index contributed by atoms with van der Waals surface area (Å²) in [5.74, 6) is 0.115. The first kappa shape index (κ1) is 15.7. The molecule has 1 aliphatic rings. The molecule has 2 aromatic rings. The Bertz CT molecular complexity index is 664. The van der Waals surface area contributed by atoms with Crippen LogP contribution in [0.15, 0.2) is 47.8 Å². The Labute approximate surface area is 140 Å². The summed E-state index contributed by atoms with van der Waals surface area (Å²) in [4.78, 5) is 29.2. The van der Waals surface area contributed by atoms with Gasteiger partial charge in [0, 0.05) is 26.2 Å². The van der Waals surface area contributed by atoms with Gasteiger partial charge in [0.25, 0.3) is 5.91 Å². The molecule has 1 saturated heterocycles. The molecule has 1 aliphatic heterocycles. The number of benzene rings is 1. The van der Waals surface area contributed by atoms with E-state index in [-0.39, 0.29) is 17.7 Å². The Balaban J connectivity index is 1.55. The third kappa shape index (κ3) is 3.45. The van der Waals surface area contributed by atoms with E-state index in [0.717, 1.165) is 10.4 Å². The molecule has 1 aromatic heterocycles. The fraction of sp³-hybridized carbons (Fsp3) is 0.333. The van der Waals surface area contributed by atoms with Crippen molar-refractivity contribution >= 4 is 23.2 Å². The van der Waals surface area contributed by atoms with Crippen molar-refractivity contribution in [1.82, 2.24) is 9.80 Å². The first-order chi connectivity index (χ1) is 11.2. The van der Waals surface area contributed by atoms with E-state index in [0.29, 0.717) is 26.2 Å². The fourth-order valence-corrected chi connectivity index (χ4v) is 3.46. The highest BCUT2D eigenvalue weighted by molar-refractivity contribution is 7.12. The van der Waals surface area contributed by atoms with E-state index in [4.69, 9.17) is 0 Å². The predicted octanol–water partition coefficient (Wildman–Crippen LogP) is 2.87. The van der Waals surface area contributed by atoms with Crippen LogP contribution in [0.4, 0.5) is 0 Å². The number of rotatable bonds is 5. The van der Waals surface area contributed by atoms with Crippen LogP contribution in [0.25, 0.3) is 0 Å². The van der Waals surface area contributed by atoms with Crippen molar-refractivity contribution in [3.63, 3.8) is 0 Å². The minimum atomic E-state index is -0.0671. The Morgan fingerprint density at radius 1 is 1.17 bits per heavy atom. The van der Waals surface area contributed by atoms with Crippen LogP contribution in [-0.2, 0) is 11.3 Å². The quantitative estimate of drug-likeness (QED) is 0.847. The second-order valence-electron chi connectivity index (χ2n) is 5.72. The Morgan fingerprint density at radius 2 is 1.91 bits per heavy atom. The zero-order valence-electron chi connectivity index (χ0n) is 13.1. The maximum Gasteiger partial charge on any atom is 0.263 e. The van der Waals surface area contributed by atoms with Crippen molar-refractivity contribution in [1.29, 1.82) is 0 Å². The normalized spacial score (nSPS) is 14.4. The molecule has 3 rings (SSSR count). The summed E-state index contributed by atoms with van der Waals surface area (Å²) < 4.78 is 0.